The molecule has 0 spiro atoms. The van der Waals surface area contributed by atoms with E-state index in [1.54, 1.807) is 6.08 Å². The van der Waals surface area contributed by atoms with Gasteiger partial charge in [-0.1, -0.05) is 6.08 Å². The molecule has 0 aromatic carbocycles. The molecular weight excluding hydrogens is 354 g/mol. The van der Waals surface area contributed by atoms with Crippen molar-refractivity contribution in [3.8, 4) is 0 Å². The summed E-state index contributed by atoms with van der Waals surface area (Å²) in [7, 11) is -6.66. The first kappa shape index (κ1) is 23.3. The summed E-state index contributed by atoms with van der Waals surface area (Å²) in [5.74, 6) is -5.98. The van der Waals surface area contributed by atoms with Gasteiger partial charge in [0.25, 0.3) is 0 Å². The highest BCUT2D eigenvalue weighted by atomic mass is 32.2. The van der Waals surface area contributed by atoms with Crippen LogP contribution in [0.5, 0.6) is 0 Å². The van der Waals surface area contributed by atoms with Gasteiger partial charge in [0.05, 0.1) is 0 Å². The fourth-order valence-electron chi connectivity index (χ4n) is 0.826. The molecule has 22 heavy (non-hydrogen) atoms. The van der Waals surface area contributed by atoms with Gasteiger partial charge in [-0.05, 0) is 6.42 Å². The molecule has 0 fully saturated rings. The molecule has 0 aromatic rings. The van der Waals surface area contributed by atoms with E-state index in [4.69, 9.17) is 10.3 Å². The molecule has 13 heteroatoms. The smallest absolute Gasteiger partial charge is 0.327 e. The second kappa shape index (κ2) is 8.06. The highest BCUT2D eigenvalue weighted by Gasteiger charge is 2.69. The molecule has 1 atom stereocenters. The molecular formula is C9H13F8NO3S. The van der Waals surface area contributed by atoms with Crippen molar-refractivity contribution in [2.24, 2.45) is 5.73 Å². The third-order valence-corrected chi connectivity index (χ3v) is 2.87. The maximum absolute atomic E-state index is 12.6. The maximum Gasteiger partial charge on any atom is 0.434 e. The fraction of sp³-hybridized carbons (Fsp3) is 0.778. The van der Waals surface area contributed by atoms with Crippen molar-refractivity contribution < 1.29 is 48.1 Å². The lowest BCUT2D eigenvalue weighted by atomic mass is 10.1. The normalized spacial score (nSPS) is 14.8. The molecule has 0 bridgehead atoms. The van der Waals surface area contributed by atoms with Crippen molar-refractivity contribution in [2.45, 2.75) is 36.4 Å². The molecule has 0 aliphatic carbocycles. The molecule has 3 N–H and O–H groups in total. The van der Waals surface area contributed by atoms with Crippen LogP contribution in [0.1, 0.15) is 12.8 Å². The Bertz CT molecular complexity index is 448. The Kier molecular flexibility index (Phi) is 8.54. The highest BCUT2D eigenvalue weighted by Crippen LogP contribution is 2.43. The van der Waals surface area contributed by atoms with E-state index in [9.17, 15) is 43.5 Å². The van der Waals surface area contributed by atoms with Crippen LogP contribution in [0.4, 0.5) is 35.1 Å². The van der Waals surface area contributed by atoms with Crippen LogP contribution in [-0.2, 0) is 10.1 Å². The van der Waals surface area contributed by atoms with E-state index in [0.717, 1.165) is 0 Å². The lowest BCUT2D eigenvalue weighted by Crippen LogP contribution is -2.52. The van der Waals surface area contributed by atoms with Crippen LogP contribution in [0.25, 0.3) is 0 Å². The van der Waals surface area contributed by atoms with Crippen LogP contribution in [0, 0.1) is 0 Å². The Balaban J connectivity index is 0. The van der Waals surface area contributed by atoms with Gasteiger partial charge in [0.15, 0.2) is 6.17 Å². The summed E-state index contributed by atoms with van der Waals surface area (Å²) >= 11 is 0. The molecule has 1 unspecified atom stereocenters. The number of hydrogen-bond acceptors (Lipinski definition) is 3. The van der Waals surface area contributed by atoms with Gasteiger partial charge in [-0.3, -0.25) is 4.55 Å². The first-order valence-electron chi connectivity index (χ1n) is 5.29. The van der Waals surface area contributed by atoms with Crippen molar-refractivity contribution in [3.63, 3.8) is 0 Å². The molecule has 0 heterocycles. The van der Waals surface area contributed by atoms with E-state index in [0.29, 0.717) is 6.54 Å². The van der Waals surface area contributed by atoms with Gasteiger partial charge in [0.2, 0.25) is 0 Å². The molecule has 0 aliphatic rings. The monoisotopic (exact) mass is 367 g/mol. The first-order chi connectivity index (χ1) is 9.54. The van der Waals surface area contributed by atoms with Crippen molar-refractivity contribution in [2.75, 3.05) is 6.54 Å². The minimum atomic E-state index is -6.66. The van der Waals surface area contributed by atoms with Crippen LogP contribution in [0.2, 0.25) is 0 Å². The van der Waals surface area contributed by atoms with Gasteiger partial charge in [-0.25, -0.2) is 4.39 Å². The van der Waals surface area contributed by atoms with E-state index < -0.39 is 46.5 Å². The largest absolute Gasteiger partial charge is 0.434 e. The summed E-state index contributed by atoms with van der Waals surface area (Å²) in [6.07, 6.45) is -11.7. The summed E-state index contributed by atoms with van der Waals surface area (Å²) in [6.45, 7) is 3.94. The Morgan fingerprint density at radius 2 is 1.50 bits per heavy atom. The van der Waals surface area contributed by atoms with Gasteiger partial charge < -0.3 is 5.73 Å². The summed E-state index contributed by atoms with van der Waals surface area (Å²) < 4.78 is 125. The predicted octanol–water partition coefficient (Wildman–Crippen LogP) is 2.91. The van der Waals surface area contributed by atoms with E-state index in [1.165, 1.54) is 0 Å². The van der Waals surface area contributed by atoms with E-state index in [1.807, 2.05) is 0 Å². The molecule has 0 saturated heterocycles. The minimum Gasteiger partial charge on any atom is -0.327 e. The van der Waals surface area contributed by atoms with Crippen LogP contribution in [-0.4, -0.2) is 43.0 Å². The van der Waals surface area contributed by atoms with Crippen LogP contribution >= 0.6 is 0 Å². The molecule has 0 aromatic heterocycles. The summed E-state index contributed by atoms with van der Waals surface area (Å²) in [6, 6.07) is 0. The first-order valence-corrected chi connectivity index (χ1v) is 6.73. The fourth-order valence-corrected chi connectivity index (χ4v) is 1.30. The van der Waals surface area contributed by atoms with Gasteiger partial charge in [0, 0.05) is 13.0 Å². The zero-order valence-electron chi connectivity index (χ0n) is 10.8. The Labute approximate surface area is 120 Å². The number of nitrogens with two attached hydrogens (primary N) is 1. The third kappa shape index (κ3) is 6.87. The zero-order valence-corrected chi connectivity index (χ0v) is 11.6. The second-order valence-electron chi connectivity index (χ2n) is 3.76. The minimum absolute atomic E-state index is 0.583. The lowest BCUT2D eigenvalue weighted by molar-refractivity contribution is -0.206. The SMILES string of the molecule is C=CCN.O=S(=O)(O)C(F)(F)C(F)(F)C(F)CCC(F)(F)F. The number of halogens is 8. The van der Waals surface area contributed by atoms with Crippen LogP contribution < -0.4 is 5.73 Å². The van der Waals surface area contributed by atoms with Crippen molar-refractivity contribution in [3.05, 3.63) is 12.7 Å². The predicted molar refractivity (Wildman–Crippen MR) is 60.9 cm³/mol. The van der Waals surface area contributed by atoms with Crippen molar-refractivity contribution in [1.29, 1.82) is 0 Å². The Hall–Kier alpha value is -0.950. The van der Waals surface area contributed by atoms with Gasteiger partial charge in [-0.2, -0.15) is 39.2 Å². The standard InChI is InChI=1S/C6H6F8O3S.C3H7N/c7-3(1-2-4(8,9)10)5(11,12)6(13,14)18(15,16)17;1-2-3-4/h3H,1-2H2,(H,15,16,17);2H,1,3-4H2. The lowest BCUT2D eigenvalue weighted by Gasteiger charge is -2.26. The number of hydrogen-bond donors (Lipinski definition) is 2. The van der Waals surface area contributed by atoms with Gasteiger partial charge in [-0.15, -0.1) is 6.58 Å². The second-order valence-corrected chi connectivity index (χ2v) is 5.22. The van der Waals surface area contributed by atoms with Gasteiger partial charge in [0.1, 0.15) is 0 Å². The highest BCUT2D eigenvalue weighted by molar-refractivity contribution is 7.87. The zero-order chi connectivity index (χ0) is 18.4. The Morgan fingerprint density at radius 3 is 1.73 bits per heavy atom. The topological polar surface area (TPSA) is 80.4 Å². The van der Waals surface area contributed by atoms with Crippen molar-refractivity contribution in [1.82, 2.24) is 0 Å². The quantitative estimate of drug-likeness (QED) is 0.430. The van der Waals surface area contributed by atoms with Crippen molar-refractivity contribution >= 4 is 10.1 Å². The maximum atomic E-state index is 12.6. The number of rotatable bonds is 6. The summed E-state index contributed by atoms with van der Waals surface area (Å²) in [5.41, 5.74) is 4.91. The van der Waals surface area contributed by atoms with Crippen LogP contribution in [0.15, 0.2) is 12.7 Å². The average Bonchev–Trinajstić information content (AvgIpc) is 2.33. The summed E-state index contributed by atoms with van der Waals surface area (Å²) in [5, 5.41) is -6.22. The molecule has 0 rings (SSSR count). The van der Waals surface area contributed by atoms with E-state index in [2.05, 4.69) is 6.58 Å². The third-order valence-electron chi connectivity index (χ3n) is 1.95. The van der Waals surface area contributed by atoms with Crippen LogP contribution in [0.3, 0.4) is 0 Å². The Morgan fingerprint density at radius 1 is 1.14 bits per heavy atom. The van der Waals surface area contributed by atoms with Gasteiger partial charge >= 0.3 is 27.5 Å². The molecule has 0 saturated carbocycles. The molecule has 0 radical (unpaired) electrons. The molecule has 0 aliphatic heterocycles. The van der Waals surface area contributed by atoms with E-state index >= 15 is 0 Å². The summed E-state index contributed by atoms with van der Waals surface area (Å²) in [4.78, 5) is 0. The number of alkyl halides is 8. The average molecular weight is 367 g/mol. The molecule has 134 valence electrons. The molecule has 0 amide bonds. The molecule has 4 nitrogen and oxygen atoms in total. The van der Waals surface area contributed by atoms with E-state index in [-0.39, 0.29) is 0 Å².